The Morgan fingerprint density at radius 2 is 0.632 bits per heavy atom. The van der Waals surface area contributed by atoms with Crippen molar-refractivity contribution in [2.45, 2.75) is 62.9 Å². The van der Waals surface area contributed by atoms with Gasteiger partial charge in [-0.1, -0.05) is 102 Å². The second-order valence-corrected chi connectivity index (χ2v) is 17.8. The SMILES string of the molecule is CC(=O)c1sc2ccccc2[n+]1Cc1ccccc1.FC(F)(F)c1cc([B-](c2cc(C(F)(F)F)cc(C(F)(F)F)c2)(c2cc(C(F)(F)F)cc(C(F)(F)F)c2)c2cc(C(F)(F)F)cc(C(F)(F)F)c2)cc(C(F)(F)F)c1. The Morgan fingerprint density at radius 3 is 0.882 bits per heavy atom. The zero-order chi connectivity index (χ0) is 57.2. The van der Waals surface area contributed by atoms with Crippen molar-refractivity contribution in [1.29, 1.82) is 0 Å². The summed E-state index contributed by atoms with van der Waals surface area (Å²) in [7, 11) is 0. The molecule has 0 amide bonds. The molecule has 0 bridgehead atoms. The summed E-state index contributed by atoms with van der Waals surface area (Å²) in [6.07, 6.45) is -54.8. The van der Waals surface area contributed by atoms with Crippen molar-refractivity contribution in [2.24, 2.45) is 0 Å². The molecule has 0 atom stereocenters. The number of ketones is 1. The Bertz CT molecular complexity index is 2830. The lowest BCUT2D eigenvalue weighted by Gasteiger charge is -2.46. The van der Waals surface area contributed by atoms with Crippen LogP contribution in [0.3, 0.4) is 0 Å². The van der Waals surface area contributed by atoms with E-state index in [9.17, 15) is 110 Å². The van der Waals surface area contributed by atoms with E-state index < -0.39 is 195 Å². The van der Waals surface area contributed by atoms with E-state index in [2.05, 4.69) is 28.8 Å². The molecule has 2 nitrogen and oxygen atoms in total. The fourth-order valence-electron chi connectivity index (χ4n) is 8.29. The van der Waals surface area contributed by atoms with Crippen molar-refractivity contribution < 1.29 is 115 Å². The van der Waals surface area contributed by atoms with E-state index in [1.165, 1.54) is 5.56 Å². The minimum absolute atomic E-state index is 0.122. The lowest BCUT2D eigenvalue weighted by atomic mass is 9.12. The number of rotatable bonds is 7. The Kier molecular flexibility index (Phi) is 15.4. The van der Waals surface area contributed by atoms with Crippen molar-refractivity contribution in [3.63, 3.8) is 0 Å². The second-order valence-electron chi connectivity index (χ2n) is 16.7. The van der Waals surface area contributed by atoms with Crippen molar-refractivity contribution in [2.75, 3.05) is 0 Å². The molecule has 28 heteroatoms. The Morgan fingerprint density at radius 1 is 0.382 bits per heavy atom. The molecular weight excluding hydrogens is 1110 g/mol. The van der Waals surface area contributed by atoms with Gasteiger partial charge in [0, 0.05) is 18.6 Å². The number of carbonyl (C=O) groups excluding carboxylic acids is 1. The fourth-order valence-corrected chi connectivity index (χ4v) is 9.35. The maximum atomic E-state index is 14.2. The van der Waals surface area contributed by atoms with E-state index in [0.29, 0.717) is 0 Å². The maximum Gasteiger partial charge on any atom is 0.416 e. The molecule has 0 aliphatic rings. The number of hydrogen-bond donors (Lipinski definition) is 0. The average Bonchev–Trinajstić information content (AvgIpc) is 3.65. The first-order chi connectivity index (χ1) is 34.5. The summed E-state index contributed by atoms with van der Waals surface area (Å²) in [5.74, 6) is 0.122. The monoisotopic (exact) mass is 1130 g/mol. The highest BCUT2D eigenvalue weighted by molar-refractivity contribution is 7.20. The highest BCUT2D eigenvalue weighted by atomic mass is 32.1. The van der Waals surface area contributed by atoms with E-state index in [4.69, 9.17) is 0 Å². The van der Waals surface area contributed by atoms with Gasteiger partial charge in [0.15, 0.2) is 6.54 Å². The van der Waals surface area contributed by atoms with Crippen LogP contribution in [0.15, 0.2) is 127 Å². The Hall–Kier alpha value is -6.74. The average molecular weight is 1130 g/mol. The summed E-state index contributed by atoms with van der Waals surface area (Å²) in [4.78, 5) is 11.8. The van der Waals surface area contributed by atoms with E-state index in [-0.39, 0.29) is 5.78 Å². The fraction of sp³-hybridized carbons (Fsp3) is 0.208. The second kappa shape index (κ2) is 20.0. The number of Topliss-reactive ketones (excluding diaryl/α,β-unsaturated/α-hetero) is 1. The van der Waals surface area contributed by atoms with Crippen LogP contribution in [0.4, 0.5) is 105 Å². The highest BCUT2D eigenvalue weighted by Crippen LogP contribution is 2.41. The number of halogens is 24. The van der Waals surface area contributed by atoms with Gasteiger partial charge < -0.3 is 0 Å². The number of fused-ring (bicyclic) bond motifs is 1. The van der Waals surface area contributed by atoms with Crippen LogP contribution in [0, 0.1) is 0 Å². The molecule has 6 aromatic carbocycles. The first-order valence-corrected chi connectivity index (χ1v) is 21.7. The molecule has 0 saturated carbocycles. The molecule has 0 unspecified atom stereocenters. The van der Waals surface area contributed by atoms with Gasteiger partial charge in [-0.2, -0.15) is 132 Å². The van der Waals surface area contributed by atoms with Crippen molar-refractivity contribution in [3.8, 4) is 0 Å². The third-order valence-electron chi connectivity index (χ3n) is 11.5. The van der Waals surface area contributed by atoms with Crippen LogP contribution >= 0.6 is 11.3 Å². The Balaban J connectivity index is 0.000000408. The summed E-state index contributed by atoms with van der Waals surface area (Å²) in [5.41, 5.74) is -27.9. The van der Waals surface area contributed by atoms with Gasteiger partial charge in [-0.25, -0.2) is 0 Å². The van der Waals surface area contributed by atoms with Gasteiger partial charge in [-0.15, -0.1) is 0 Å². The lowest BCUT2D eigenvalue weighted by Crippen LogP contribution is -2.75. The molecule has 0 aliphatic carbocycles. The third-order valence-corrected chi connectivity index (χ3v) is 12.8. The third kappa shape index (κ3) is 12.7. The number of thiazole rings is 1. The van der Waals surface area contributed by atoms with Gasteiger partial charge in [0.2, 0.25) is 11.3 Å². The predicted molar refractivity (Wildman–Crippen MR) is 228 cm³/mol. The lowest BCUT2D eigenvalue weighted by molar-refractivity contribution is -0.659. The number of alkyl halides is 24. The first kappa shape index (κ1) is 58.5. The van der Waals surface area contributed by atoms with Crippen LogP contribution < -0.4 is 26.4 Å². The zero-order valence-electron chi connectivity index (χ0n) is 37.2. The van der Waals surface area contributed by atoms with Crippen LogP contribution in [-0.4, -0.2) is 11.9 Å². The number of hydrogen-bond acceptors (Lipinski definition) is 2. The maximum absolute atomic E-state index is 14.2. The highest BCUT2D eigenvalue weighted by Gasteiger charge is 2.47. The number of aromatic nitrogens is 1. The van der Waals surface area contributed by atoms with Gasteiger partial charge in [0.1, 0.15) is 10.8 Å². The first-order valence-electron chi connectivity index (χ1n) is 20.8. The van der Waals surface area contributed by atoms with E-state index in [1.54, 1.807) is 18.3 Å². The molecule has 0 N–H and O–H groups in total. The number of benzene rings is 6. The largest absolute Gasteiger partial charge is 0.416 e. The van der Waals surface area contributed by atoms with Gasteiger partial charge >= 0.3 is 54.4 Å². The number of nitrogens with zero attached hydrogens (tertiary/aromatic N) is 1. The minimum atomic E-state index is -6.13. The molecule has 7 rings (SSSR count). The molecule has 0 fully saturated rings. The van der Waals surface area contributed by atoms with Crippen LogP contribution in [0.25, 0.3) is 10.2 Å². The molecule has 76 heavy (non-hydrogen) atoms. The molecule has 0 aliphatic heterocycles. The standard InChI is InChI=1S/C32H12BF24.C16H14NOS/c34-25(35,36)13-1-14(26(37,38)39)6-21(5-13)33(22-7-15(27(40,41)42)2-16(8-22)28(43,44)45,23-9-17(29(46,47)48)3-18(10-23)30(49,50)51)24-11-19(31(52,53)54)4-20(12-24)32(55,56)57;1-12(18)16-17(11-13-7-3-2-4-8-13)14-9-5-6-10-15(14)19-16/h1-12H;2-10H,11H2,1H3/q-1;+1. The summed E-state index contributed by atoms with van der Waals surface area (Å²) < 4.78 is 344. The van der Waals surface area contributed by atoms with Crippen molar-refractivity contribution in [3.05, 3.63) is 182 Å². The zero-order valence-corrected chi connectivity index (χ0v) is 38.1. The summed E-state index contributed by atoms with van der Waals surface area (Å²) >= 11 is 1.56. The van der Waals surface area contributed by atoms with Crippen molar-refractivity contribution >= 4 is 55.3 Å². The summed E-state index contributed by atoms with van der Waals surface area (Å²) in [5, 5.41) is 0.810. The molecule has 7 aromatic rings. The molecule has 1 aromatic heterocycles. The normalized spacial score (nSPS) is 13.4. The molecule has 0 saturated heterocycles. The summed E-state index contributed by atoms with van der Waals surface area (Å²) in [6, 6.07) is 9.58. The van der Waals surface area contributed by atoms with Crippen LogP contribution in [0.1, 0.15) is 66.8 Å². The molecule has 0 spiro atoms. The van der Waals surface area contributed by atoms with Gasteiger partial charge in [-0.3, -0.25) is 4.79 Å². The molecular formula is C48H26BF24NOS. The van der Waals surface area contributed by atoms with Gasteiger partial charge in [0.05, 0.1) is 44.5 Å². The van der Waals surface area contributed by atoms with E-state index >= 15 is 0 Å². The van der Waals surface area contributed by atoms with Crippen LogP contribution in [0.5, 0.6) is 0 Å². The topological polar surface area (TPSA) is 20.9 Å². The number of carbonyl (C=O) groups is 1. The van der Waals surface area contributed by atoms with Gasteiger partial charge in [0.25, 0.3) is 0 Å². The molecule has 1 heterocycles. The predicted octanol–water partition coefficient (Wildman–Crippen LogP) is 14.7. The van der Waals surface area contributed by atoms with E-state index in [1.807, 2.05) is 30.3 Å². The molecule has 0 radical (unpaired) electrons. The van der Waals surface area contributed by atoms with Gasteiger partial charge in [-0.05, 0) is 30.3 Å². The van der Waals surface area contributed by atoms with Crippen LogP contribution in [0.2, 0.25) is 0 Å². The molecule has 406 valence electrons. The van der Waals surface area contributed by atoms with Crippen molar-refractivity contribution in [1.82, 2.24) is 0 Å². The Labute approximate surface area is 414 Å². The quantitative estimate of drug-likeness (QED) is 0.0674. The number of para-hydroxylation sites is 1. The minimum Gasteiger partial charge on any atom is -0.287 e. The van der Waals surface area contributed by atoms with E-state index in [0.717, 1.165) is 21.8 Å². The van der Waals surface area contributed by atoms with Crippen LogP contribution in [-0.2, 0) is 56.0 Å². The smallest absolute Gasteiger partial charge is 0.287 e. The summed E-state index contributed by atoms with van der Waals surface area (Å²) in [6.45, 7) is 2.37.